The zero-order chi connectivity index (χ0) is 16.6. The van der Waals surface area contributed by atoms with Crippen LogP contribution in [-0.4, -0.2) is 24.0 Å². The van der Waals surface area contributed by atoms with Gasteiger partial charge in [0.15, 0.2) is 5.76 Å². The number of aromatic nitrogens is 1. The van der Waals surface area contributed by atoms with Gasteiger partial charge in [0.1, 0.15) is 6.04 Å². The van der Waals surface area contributed by atoms with E-state index in [9.17, 15) is 4.79 Å². The first-order chi connectivity index (χ1) is 11.7. The van der Waals surface area contributed by atoms with E-state index in [0.29, 0.717) is 5.89 Å². The van der Waals surface area contributed by atoms with Crippen molar-refractivity contribution in [1.29, 1.82) is 0 Å². The molecule has 2 fully saturated rings. The molecule has 5 nitrogen and oxygen atoms in total. The first-order valence-electron chi connectivity index (χ1n) is 8.70. The van der Waals surface area contributed by atoms with Crippen LogP contribution in [0, 0.1) is 11.3 Å². The molecule has 0 radical (unpaired) electrons. The number of carbonyl (C=O) groups excluding carboxylic acids is 1. The number of nitrogens with zero attached hydrogens (tertiary/aromatic N) is 1. The molecule has 2 N–H and O–H groups in total. The van der Waals surface area contributed by atoms with Crippen LogP contribution in [0.1, 0.15) is 38.1 Å². The highest BCUT2D eigenvalue weighted by Gasteiger charge is 2.57. The average molecular weight is 362 g/mol. The summed E-state index contributed by atoms with van der Waals surface area (Å²) in [4.78, 5) is 16.9. The number of hydrogen-bond acceptors (Lipinski definition) is 4. The number of halogens is 1. The molecule has 1 aromatic heterocycles. The van der Waals surface area contributed by atoms with Gasteiger partial charge in [0.2, 0.25) is 11.8 Å². The van der Waals surface area contributed by atoms with Crippen LogP contribution in [-0.2, 0) is 4.79 Å². The Kier molecular flexibility index (Phi) is 5.16. The van der Waals surface area contributed by atoms with Crippen LogP contribution in [0.25, 0.3) is 11.3 Å². The highest BCUT2D eigenvalue weighted by Crippen LogP contribution is 2.58. The second-order valence-electron chi connectivity index (χ2n) is 7.03. The molecule has 4 rings (SSSR count). The van der Waals surface area contributed by atoms with E-state index < -0.39 is 0 Å². The molecule has 2 unspecified atom stereocenters. The molecule has 6 heteroatoms. The number of amides is 1. The molecule has 134 valence electrons. The summed E-state index contributed by atoms with van der Waals surface area (Å²) in [5.74, 6) is 1.59. The Hall–Kier alpha value is -1.85. The summed E-state index contributed by atoms with van der Waals surface area (Å²) in [6.45, 7) is 3.98. The first-order valence-corrected chi connectivity index (χ1v) is 8.70. The highest BCUT2D eigenvalue weighted by molar-refractivity contribution is 5.85. The van der Waals surface area contributed by atoms with Gasteiger partial charge in [-0.3, -0.25) is 4.79 Å². The number of oxazole rings is 1. The molecule has 1 saturated heterocycles. The smallest absolute Gasteiger partial charge is 0.224 e. The van der Waals surface area contributed by atoms with Gasteiger partial charge < -0.3 is 15.1 Å². The predicted octanol–water partition coefficient (Wildman–Crippen LogP) is 3.33. The van der Waals surface area contributed by atoms with Gasteiger partial charge in [-0.15, -0.1) is 12.4 Å². The van der Waals surface area contributed by atoms with Crippen molar-refractivity contribution < 1.29 is 9.21 Å². The van der Waals surface area contributed by atoms with Gasteiger partial charge >= 0.3 is 0 Å². The Balaban J connectivity index is 0.00000182. The van der Waals surface area contributed by atoms with Gasteiger partial charge in [-0.05, 0) is 44.7 Å². The van der Waals surface area contributed by atoms with Gasteiger partial charge in [0.25, 0.3) is 0 Å². The quantitative estimate of drug-likeness (QED) is 0.876. The maximum Gasteiger partial charge on any atom is 0.224 e. The van der Waals surface area contributed by atoms with Crippen molar-refractivity contribution in [2.75, 3.05) is 13.1 Å². The van der Waals surface area contributed by atoms with Crippen LogP contribution in [0.4, 0.5) is 0 Å². The number of rotatable bonds is 4. The van der Waals surface area contributed by atoms with Crippen molar-refractivity contribution in [3.63, 3.8) is 0 Å². The van der Waals surface area contributed by atoms with Crippen LogP contribution >= 0.6 is 12.4 Å². The van der Waals surface area contributed by atoms with Crippen LogP contribution < -0.4 is 10.6 Å². The third-order valence-corrected chi connectivity index (χ3v) is 5.42. The average Bonchev–Trinajstić information content (AvgIpc) is 3.08. The topological polar surface area (TPSA) is 67.2 Å². The van der Waals surface area contributed by atoms with Gasteiger partial charge in [0.05, 0.1) is 6.20 Å². The number of carbonyl (C=O) groups is 1. The maximum absolute atomic E-state index is 12.5. The van der Waals surface area contributed by atoms with E-state index in [4.69, 9.17) is 4.42 Å². The first kappa shape index (κ1) is 18.0. The fraction of sp³-hybridized carbons (Fsp3) is 0.474. The van der Waals surface area contributed by atoms with E-state index in [1.165, 1.54) is 0 Å². The lowest BCUT2D eigenvalue weighted by Crippen LogP contribution is -2.34. The Morgan fingerprint density at radius 2 is 2.04 bits per heavy atom. The molecule has 0 bridgehead atoms. The van der Waals surface area contributed by atoms with E-state index in [1.54, 1.807) is 6.20 Å². The summed E-state index contributed by atoms with van der Waals surface area (Å²) >= 11 is 0. The van der Waals surface area contributed by atoms with Crippen LogP contribution in [0.15, 0.2) is 40.9 Å². The molecule has 1 spiro atoms. The minimum atomic E-state index is -0.214. The van der Waals surface area contributed by atoms with Gasteiger partial charge in [-0.1, -0.05) is 30.3 Å². The number of benzene rings is 1. The second-order valence-corrected chi connectivity index (χ2v) is 7.03. The van der Waals surface area contributed by atoms with E-state index in [2.05, 4.69) is 15.6 Å². The van der Waals surface area contributed by atoms with E-state index in [0.717, 1.165) is 43.7 Å². The minimum absolute atomic E-state index is 0. The molecular weight excluding hydrogens is 338 g/mol. The van der Waals surface area contributed by atoms with E-state index >= 15 is 0 Å². The van der Waals surface area contributed by atoms with Crippen LogP contribution in [0.5, 0.6) is 0 Å². The normalized spacial score (nSPS) is 22.0. The monoisotopic (exact) mass is 361 g/mol. The molecule has 2 atom stereocenters. The van der Waals surface area contributed by atoms with Crippen molar-refractivity contribution in [3.05, 3.63) is 42.4 Å². The largest absolute Gasteiger partial charge is 0.438 e. The molecule has 1 saturated carbocycles. The molecule has 1 aromatic carbocycles. The van der Waals surface area contributed by atoms with Crippen molar-refractivity contribution in [2.24, 2.45) is 11.3 Å². The Morgan fingerprint density at radius 1 is 1.32 bits per heavy atom. The molecular formula is C19H24ClN3O2. The molecule has 1 amide bonds. The van der Waals surface area contributed by atoms with Crippen molar-refractivity contribution >= 4 is 18.3 Å². The third-order valence-electron chi connectivity index (χ3n) is 5.42. The summed E-state index contributed by atoms with van der Waals surface area (Å²) < 4.78 is 5.83. The van der Waals surface area contributed by atoms with Crippen LogP contribution in [0.3, 0.4) is 0 Å². The lowest BCUT2D eigenvalue weighted by atomic mass is 9.91. The summed E-state index contributed by atoms with van der Waals surface area (Å²) in [6, 6.07) is 9.66. The summed E-state index contributed by atoms with van der Waals surface area (Å²) in [7, 11) is 0. The number of piperidine rings is 1. The fourth-order valence-corrected chi connectivity index (χ4v) is 3.80. The Morgan fingerprint density at radius 3 is 2.76 bits per heavy atom. The number of nitrogens with one attached hydrogen (secondary N) is 2. The lowest BCUT2D eigenvalue weighted by Gasteiger charge is -2.23. The molecule has 2 heterocycles. The van der Waals surface area contributed by atoms with Gasteiger partial charge in [-0.2, -0.15) is 0 Å². The van der Waals surface area contributed by atoms with Crippen molar-refractivity contribution in [3.8, 4) is 11.3 Å². The zero-order valence-electron chi connectivity index (χ0n) is 14.3. The SMILES string of the molecule is CC(NC(=O)C1CC12CCNCC2)c1ncc(-c2ccccc2)o1.Cl. The summed E-state index contributed by atoms with van der Waals surface area (Å²) in [5.41, 5.74) is 1.24. The zero-order valence-corrected chi connectivity index (χ0v) is 15.1. The standard InChI is InChI=1S/C19H23N3O2.ClH/c1-13(18-21-12-16(24-18)14-5-3-2-4-6-14)22-17(23)15-11-19(15)7-9-20-10-8-19;/h2-6,12-13,15,20H,7-11H2,1H3,(H,22,23);1H. The summed E-state index contributed by atoms with van der Waals surface area (Å²) in [6.07, 6.45) is 4.96. The molecule has 1 aliphatic heterocycles. The van der Waals surface area contributed by atoms with Gasteiger partial charge in [-0.25, -0.2) is 4.98 Å². The van der Waals surface area contributed by atoms with Crippen molar-refractivity contribution in [2.45, 2.75) is 32.2 Å². The maximum atomic E-state index is 12.5. The highest BCUT2D eigenvalue weighted by atomic mass is 35.5. The lowest BCUT2D eigenvalue weighted by molar-refractivity contribution is -0.124. The van der Waals surface area contributed by atoms with Gasteiger partial charge in [0, 0.05) is 11.5 Å². The fourth-order valence-electron chi connectivity index (χ4n) is 3.80. The Bertz CT molecular complexity index is 725. The molecule has 2 aliphatic rings. The predicted molar refractivity (Wildman–Crippen MR) is 98.4 cm³/mol. The van der Waals surface area contributed by atoms with E-state index in [1.807, 2.05) is 37.3 Å². The second kappa shape index (κ2) is 7.18. The molecule has 2 aromatic rings. The third kappa shape index (κ3) is 3.58. The molecule has 25 heavy (non-hydrogen) atoms. The summed E-state index contributed by atoms with van der Waals surface area (Å²) in [5, 5.41) is 6.45. The van der Waals surface area contributed by atoms with Crippen molar-refractivity contribution in [1.82, 2.24) is 15.6 Å². The molecule has 1 aliphatic carbocycles. The minimum Gasteiger partial charge on any atom is -0.438 e. The Labute approximate surface area is 154 Å². The number of hydrogen-bond donors (Lipinski definition) is 2. The van der Waals surface area contributed by atoms with Crippen LogP contribution in [0.2, 0.25) is 0 Å². The van der Waals surface area contributed by atoms with E-state index in [-0.39, 0.29) is 35.7 Å².